The highest BCUT2D eigenvalue weighted by Crippen LogP contribution is 2.27. The second-order valence-corrected chi connectivity index (χ2v) is 5.86. The molecule has 2 aromatic carbocycles. The zero-order valence-corrected chi connectivity index (χ0v) is 13.8. The van der Waals surface area contributed by atoms with Crippen LogP contribution >= 0.6 is 11.6 Å². The number of rotatable bonds is 4. The molecule has 1 N–H and O–H groups in total. The van der Waals surface area contributed by atoms with Gasteiger partial charge in [-0.15, -0.1) is 5.10 Å². The van der Waals surface area contributed by atoms with E-state index in [1.54, 1.807) is 18.2 Å². The average molecular weight is 372 g/mol. The highest BCUT2D eigenvalue weighted by molar-refractivity contribution is 6.39. The number of aromatic amines is 1. The SMILES string of the molecule is O=c1cc[nH]c2c(Cl)c3nnn(OCc4ccc([N+](=O)[O-])cc4)c3cc12. The van der Waals surface area contributed by atoms with Crippen LogP contribution in [0.15, 0.2) is 47.4 Å². The molecule has 0 spiro atoms. The first-order valence-corrected chi connectivity index (χ1v) is 7.84. The molecule has 10 heteroatoms. The number of hydrogen-bond donors (Lipinski definition) is 1. The van der Waals surface area contributed by atoms with Gasteiger partial charge < -0.3 is 9.82 Å². The van der Waals surface area contributed by atoms with Crippen molar-refractivity contribution in [3.8, 4) is 0 Å². The smallest absolute Gasteiger partial charge is 0.269 e. The topological polar surface area (TPSA) is 116 Å². The Balaban J connectivity index is 1.69. The number of nitrogens with zero attached hydrogens (tertiary/aromatic N) is 4. The van der Waals surface area contributed by atoms with Gasteiger partial charge in [-0.3, -0.25) is 14.9 Å². The van der Waals surface area contributed by atoms with E-state index in [0.717, 1.165) is 0 Å². The Morgan fingerprint density at radius 3 is 2.77 bits per heavy atom. The molecule has 0 atom stereocenters. The first-order valence-electron chi connectivity index (χ1n) is 7.46. The van der Waals surface area contributed by atoms with Gasteiger partial charge in [0.15, 0.2) is 5.43 Å². The Kier molecular flexibility index (Phi) is 3.77. The summed E-state index contributed by atoms with van der Waals surface area (Å²) in [4.78, 5) is 32.0. The lowest BCUT2D eigenvalue weighted by atomic mass is 10.2. The van der Waals surface area contributed by atoms with Crippen molar-refractivity contribution in [2.24, 2.45) is 0 Å². The molecule has 0 fully saturated rings. The Labute approximate surface area is 149 Å². The normalized spacial score (nSPS) is 11.1. The van der Waals surface area contributed by atoms with Gasteiger partial charge in [0.2, 0.25) is 0 Å². The molecule has 26 heavy (non-hydrogen) atoms. The number of halogens is 1. The summed E-state index contributed by atoms with van der Waals surface area (Å²) in [5.74, 6) is 0. The molecule has 0 saturated carbocycles. The van der Waals surface area contributed by atoms with Crippen molar-refractivity contribution in [2.45, 2.75) is 6.61 Å². The molecule has 0 saturated heterocycles. The van der Waals surface area contributed by atoms with Crippen molar-refractivity contribution in [3.63, 3.8) is 0 Å². The van der Waals surface area contributed by atoms with Crippen LogP contribution in [-0.4, -0.2) is 25.1 Å². The maximum Gasteiger partial charge on any atom is 0.269 e. The predicted octanol–water partition coefficient (Wildman–Crippen LogP) is 2.46. The van der Waals surface area contributed by atoms with Gasteiger partial charge in [0.1, 0.15) is 17.6 Å². The zero-order chi connectivity index (χ0) is 18.3. The van der Waals surface area contributed by atoms with E-state index in [4.69, 9.17) is 16.4 Å². The Hall–Kier alpha value is -3.46. The minimum absolute atomic E-state index is 0.00238. The number of nitrogens with one attached hydrogen (secondary N) is 1. The molecule has 9 nitrogen and oxygen atoms in total. The van der Waals surface area contributed by atoms with Crippen LogP contribution in [0.2, 0.25) is 5.02 Å². The summed E-state index contributed by atoms with van der Waals surface area (Å²) in [5, 5.41) is 19.3. The lowest BCUT2D eigenvalue weighted by Crippen LogP contribution is -2.13. The van der Waals surface area contributed by atoms with Gasteiger partial charge in [-0.2, -0.15) is 0 Å². The number of pyridine rings is 1. The van der Waals surface area contributed by atoms with Crippen LogP contribution in [0.4, 0.5) is 5.69 Å². The van der Waals surface area contributed by atoms with Crippen molar-refractivity contribution < 1.29 is 9.76 Å². The van der Waals surface area contributed by atoms with Crippen LogP contribution in [0.5, 0.6) is 0 Å². The van der Waals surface area contributed by atoms with E-state index in [9.17, 15) is 14.9 Å². The van der Waals surface area contributed by atoms with Crippen molar-refractivity contribution in [1.82, 2.24) is 20.1 Å². The number of H-pyrrole nitrogens is 1. The van der Waals surface area contributed by atoms with E-state index in [-0.39, 0.29) is 22.7 Å². The number of hydrogen-bond acceptors (Lipinski definition) is 6. The van der Waals surface area contributed by atoms with Crippen molar-refractivity contribution >= 4 is 39.2 Å². The summed E-state index contributed by atoms with van der Waals surface area (Å²) < 4.78 is 0. The van der Waals surface area contributed by atoms with E-state index in [1.165, 1.54) is 29.2 Å². The minimum atomic E-state index is -0.472. The lowest BCUT2D eigenvalue weighted by molar-refractivity contribution is -0.384. The van der Waals surface area contributed by atoms with Crippen LogP contribution in [-0.2, 0) is 6.61 Å². The number of fused-ring (bicyclic) bond motifs is 2. The first kappa shape index (κ1) is 16.0. The number of non-ortho nitro benzene ring substituents is 1. The van der Waals surface area contributed by atoms with Crippen LogP contribution in [0, 0.1) is 10.1 Å². The molecule has 0 radical (unpaired) electrons. The molecule has 0 aliphatic rings. The van der Waals surface area contributed by atoms with Crippen molar-refractivity contribution in [1.29, 1.82) is 0 Å². The monoisotopic (exact) mass is 371 g/mol. The van der Waals surface area contributed by atoms with Gasteiger partial charge >= 0.3 is 0 Å². The largest absolute Gasteiger partial charge is 0.390 e. The van der Waals surface area contributed by atoms with E-state index < -0.39 is 4.92 Å². The van der Waals surface area contributed by atoms with Crippen LogP contribution in [0.25, 0.3) is 21.9 Å². The summed E-state index contributed by atoms with van der Waals surface area (Å²) in [7, 11) is 0. The van der Waals surface area contributed by atoms with Gasteiger partial charge in [-0.25, -0.2) is 0 Å². The predicted molar refractivity (Wildman–Crippen MR) is 94.0 cm³/mol. The molecule has 130 valence electrons. The summed E-state index contributed by atoms with van der Waals surface area (Å²) >= 11 is 6.32. The molecule has 0 bridgehead atoms. The quantitative estimate of drug-likeness (QED) is 0.435. The second kappa shape index (κ2) is 6.12. The molecular weight excluding hydrogens is 362 g/mol. The number of nitro groups is 1. The third-order valence-corrected chi connectivity index (χ3v) is 4.25. The third kappa shape index (κ3) is 2.64. The Morgan fingerprint density at radius 2 is 2.04 bits per heavy atom. The molecule has 4 rings (SSSR count). The fraction of sp³-hybridized carbons (Fsp3) is 0.0625. The minimum Gasteiger partial charge on any atom is -0.390 e. The maximum absolute atomic E-state index is 12.0. The van der Waals surface area contributed by atoms with Crippen molar-refractivity contribution in [2.75, 3.05) is 0 Å². The summed E-state index contributed by atoms with van der Waals surface area (Å²) in [6.45, 7) is 0.108. The van der Waals surface area contributed by atoms with Crippen LogP contribution < -0.4 is 10.3 Å². The van der Waals surface area contributed by atoms with Gasteiger partial charge in [0, 0.05) is 29.8 Å². The van der Waals surface area contributed by atoms with Crippen molar-refractivity contribution in [3.05, 3.63) is 73.5 Å². The summed E-state index contributed by atoms with van der Waals surface area (Å²) in [5.41, 5.74) is 1.84. The fourth-order valence-corrected chi connectivity index (χ4v) is 2.86. The van der Waals surface area contributed by atoms with E-state index >= 15 is 0 Å². The Morgan fingerprint density at radius 1 is 1.27 bits per heavy atom. The summed E-state index contributed by atoms with van der Waals surface area (Å²) in [6.07, 6.45) is 1.51. The highest BCUT2D eigenvalue weighted by Gasteiger charge is 2.15. The summed E-state index contributed by atoms with van der Waals surface area (Å²) in [6, 6.07) is 8.96. The van der Waals surface area contributed by atoms with Gasteiger partial charge in [-0.05, 0) is 29.0 Å². The fourth-order valence-electron chi connectivity index (χ4n) is 2.57. The molecule has 0 aliphatic heterocycles. The van der Waals surface area contributed by atoms with Crippen LogP contribution in [0.3, 0.4) is 0 Å². The third-order valence-electron chi connectivity index (χ3n) is 3.88. The van der Waals surface area contributed by atoms with Gasteiger partial charge in [0.25, 0.3) is 5.69 Å². The van der Waals surface area contributed by atoms with E-state index in [1.807, 2.05) is 0 Å². The number of benzene rings is 2. The molecule has 0 unspecified atom stereocenters. The molecule has 2 aromatic heterocycles. The standard InChI is InChI=1S/C16H10ClN5O4/c17-14-15-11(13(23)5-6-18-15)7-12-16(14)19-20-21(12)26-8-9-1-3-10(4-2-9)22(24)25/h1-7H,8H2,(H,18,23). The van der Waals surface area contributed by atoms with E-state index in [0.29, 0.717) is 27.5 Å². The molecule has 0 amide bonds. The number of nitro benzene ring substituents is 1. The average Bonchev–Trinajstić information content (AvgIpc) is 3.05. The lowest BCUT2D eigenvalue weighted by Gasteiger charge is -2.06. The highest BCUT2D eigenvalue weighted by atomic mass is 35.5. The maximum atomic E-state index is 12.0. The Bertz CT molecular complexity index is 1200. The van der Waals surface area contributed by atoms with Crippen LogP contribution in [0.1, 0.15) is 5.56 Å². The van der Waals surface area contributed by atoms with E-state index in [2.05, 4.69) is 15.3 Å². The van der Waals surface area contributed by atoms with Gasteiger partial charge in [0.05, 0.1) is 15.5 Å². The molecule has 4 aromatic rings. The van der Waals surface area contributed by atoms with Gasteiger partial charge in [-0.1, -0.05) is 16.4 Å². The molecular formula is C16H10ClN5O4. The molecule has 0 aliphatic carbocycles. The molecule has 2 heterocycles. The zero-order valence-electron chi connectivity index (χ0n) is 13.0. The number of aromatic nitrogens is 4. The first-order chi connectivity index (χ1) is 12.5. The second-order valence-electron chi connectivity index (χ2n) is 5.48.